The van der Waals surface area contributed by atoms with E-state index in [1.165, 1.54) is 0 Å². The van der Waals surface area contributed by atoms with Crippen molar-refractivity contribution in [3.8, 4) is 5.75 Å². The van der Waals surface area contributed by atoms with Crippen molar-refractivity contribution in [2.75, 3.05) is 12.4 Å². The molecule has 1 heterocycles. The smallest absolute Gasteiger partial charge is 0.296 e. The zero-order valence-electron chi connectivity index (χ0n) is 14.7. The molecule has 0 saturated heterocycles. The number of rotatable bonds is 4. The third-order valence-electron chi connectivity index (χ3n) is 4.32. The summed E-state index contributed by atoms with van der Waals surface area (Å²) >= 11 is 0. The highest BCUT2D eigenvalue weighted by Crippen LogP contribution is 2.27. The molecule has 2 aromatic carbocycles. The average Bonchev–Trinajstić information content (AvgIpc) is 2.92. The number of aryl methyl sites for hydroxylation is 3. The second kappa shape index (κ2) is 6.43. The number of ketones is 1. The lowest BCUT2D eigenvalue weighted by Crippen LogP contribution is -2.23. The maximum atomic E-state index is 12.7. The van der Waals surface area contributed by atoms with E-state index in [-0.39, 0.29) is 0 Å². The first-order valence-electron chi connectivity index (χ1n) is 8.00. The molecule has 0 aliphatic heterocycles. The SMILES string of the molecule is COc1cc(C)c(NC(=O)C(=O)c2c(C)[nH]c3ccccc23)cc1C. The summed E-state index contributed by atoms with van der Waals surface area (Å²) in [7, 11) is 1.60. The molecule has 3 rings (SSSR count). The number of carbonyl (C=O) groups is 2. The molecule has 0 radical (unpaired) electrons. The van der Waals surface area contributed by atoms with Crippen molar-refractivity contribution in [2.45, 2.75) is 20.8 Å². The molecule has 0 spiro atoms. The predicted octanol–water partition coefficient (Wildman–Crippen LogP) is 3.92. The number of methoxy groups -OCH3 is 1. The maximum Gasteiger partial charge on any atom is 0.296 e. The lowest BCUT2D eigenvalue weighted by atomic mass is 10.1. The number of hydrogen-bond acceptors (Lipinski definition) is 3. The van der Waals surface area contributed by atoms with E-state index in [0.29, 0.717) is 16.9 Å². The number of aromatic amines is 1. The lowest BCUT2D eigenvalue weighted by molar-refractivity contribution is -0.112. The van der Waals surface area contributed by atoms with E-state index in [4.69, 9.17) is 4.74 Å². The van der Waals surface area contributed by atoms with Gasteiger partial charge in [0.2, 0.25) is 0 Å². The van der Waals surface area contributed by atoms with Gasteiger partial charge in [-0.2, -0.15) is 0 Å². The number of nitrogens with one attached hydrogen (secondary N) is 2. The summed E-state index contributed by atoms with van der Waals surface area (Å²) in [4.78, 5) is 28.4. The van der Waals surface area contributed by atoms with Gasteiger partial charge in [-0.15, -0.1) is 0 Å². The van der Waals surface area contributed by atoms with Crippen molar-refractivity contribution in [1.29, 1.82) is 0 Å². The number of carbonyl (C=O) groups excluding carboxylic acids is 2. The summed E-state index contributed by atoms with van der Waals surface area (Å²) in [6.45, 7) is 5.54. The minimum atomic E-state index is -0.652. The summed E-state index contributed by atoms with van der Waals surface area (Å²) < 4.78 is 5.27. The van der Waals surface area contributed by atoms with Gasteiger partial charge in [-0.05, 0) is 50.1 Å². The zero-order chi connectivity index (χ0) is 18.1. The second-order valence-corrected chi connectivity index (χ2v) is 6.09. The Labute approximate surface area is 146 Å². The number of H-pyrrole nitrogens is 1. The monoisotopic (exact) mass is 336 g/mol. The predicted molar refractivity (Wildman–Crippen MR) is 98.5 cm³/mol. The summed E-state index contributed by atoms with van der Waals surface area (Å²) in [5.41, 5.74) is 4.26. The average molecular weight is 336 g/mol. The number of aromatic nitrogens is 1. The molecule has 0 fully saturated rings. The third kappa shape index (κ3) is 3.01. The van der Waals surface area contributed by atoms with Gasteiger partial charge in [0.25, 0.3) is 11.7 Å². The van der Waals surface area contributed by atoms with Crippen molar-refractivity contribution >= 4 is 28.3 Å². The van der Waals surface area contributed by atoms with E-state index >= 15 is 0 Å². The number of amides is 1. The van der Waals surface area contributed by atoms with Crippen molar-refractivity contribution in [3.63, 3.8) is 0 Å². The van der Waals surface area contributed by atoms with Gasteiger partial charge in [-0.1, -0.05) is 18.2 Å². The Morgan fingerprint density at radius 3 is 2.48 bits per heavy atom. The summed E-state index contributed by atoms with van der Waals surface area (Å²) in [6, 6.07) is 11.1. The molecular weight excluding hydrogens is 316 g/mol. The maximum absolute atomic E-state index is 12.7. The number of ether oxygens (including phenoxy) is 1. The number of anilines is 1. The van der Waals surface area contributed by atoms with Crippen LogP contribution in [0.25, 0.3) is 10.9 Å². The molecule has 128 valence electrons. The van der Waals surface area contributed by atoms with Crippen LogP contribution in [0.15, 0.2) is 36.4 Å². The zero-order valence-corrected chi connectivity index (χ0v) is 14.7. The van der Waals surface area contributed by atoms with E-state index in [1.54, 1.807) is 20.1 Å². The van der Waals surface area contributed by atoms with E-state index in [9.17, 15) is 9.59 Å². The van der Waals surface area contributed by atoms with Crippen LogP contribution in [0, 0.1) is 20.8 Å². The van der Waals surface area contributed by atoms with Crippen LogP contribution < -0.4 is 10.1 Å². The third-order valence-corrected chi connectivity index (χ3v) is 4.32. The molecule has 1 aromatic heterocycles. The van der Waals surface area contributed by atoms with Gasteiger partial charge in [-0.3, -0.25) is 9.59 Å². The van der Waals surface area contributed by atoms with Crippen LogP contribution in [0.4, 0.5) is 5.69 Å². The molecule has 5 nitrogen and oxygen atoms in total. The normalized spacial score (nSPS) is 10.7. The number of benzene rings is 2. The lowest BCUT2D eigenvalue weighted by Gasteiger charge is -2.12. The molecule has 25 heavy (non-hydrogen) atoms. The first-order chi connectivity index (χ1) is 11.9. The molecular formula is C20H20N2O3. The van der Waals surface area contributed by atoms with Gasteiger partial charge in [-0.25, -0.2) is 0 Å². The summed E-state index contributed by atoms with van der Waals surface area (Å²) in [6.07, 6.45) is 0. The Hall–Kier alpha value is -3.08. The fraction of sp³-hybridized carbons (Fsp3) is 0.200. The Kier molecular flexibility index (Phi) is 4.31. The Balaban J connectivity index is 1.92. The van der Waals surface area contributed by atoms with Crippen LogP contribution in [-0.2, 0) is 4.79 Å². The van der Waals surface area contributed by atoms with Gasteiger partial charge in [0, 0.05) is 22.3 Å². The molecule has 3 aromatic rings. The summed E-state index contributed by atoms with van der Waals surface area (Å²) in [5, 5.41) is 3.48. The second-order valence-electron chi connectivity index (χ2n) is 6.09. The first-order valence-corrected chi connectivity index (χ1v) is 8.00. The fourth-order valence-electron chi connectivity index (χ4n) is 3.01. The largest absolute Gasteiger partial charge is 0.496 e. The standard InChI is InChI=1S/C20H20N2O3/c1-11-10-17(25-4)12(2)9-16(11)22-20(24)19(23)18-13(3)21-15-8-6-5-7-14(15)18/h5-10,21H,1-4H3,(H,22,24). The van der Waals surface area contributed by atoms with Crippen molar-refractivity contribution in [2.24, 2.45) is 0 Å². The molecule has 0 saturated carbocycles. The molecule has 2 N–H and O–H groups in total. The van der Waals surface area contributed by atoms with Crippen molar-refractivity contribution in [3.05, 3.63) is 58.8 Å². The van der Waals surface area contributed by atoms with Gasteiger partial charge in [0.05, 0.1) is 12.7 Å². The van der Waals surface area contributed by atoms with Gasteiger partial charge >= 0.3 is 0 Å². The Bertz CT molecular complexity index is 986. The number of hydrogen-bond donors (Lipinski definition) is 2. The highest BCUT2D eigenvalue weighted by Gasteiger charge is 2.23. The fourth-order valence-corrected chi connectivity index (χ4v) is 3.01. The number of para-hydroxylation sites is 1. The van der Waals surface area contributed by atoms with Gasteiger partial charge in [0.1, 0.15) is 5.75 Å². The topological polar surface area (TPSA) is 71.2 Å². The molecule has 5 heteroatoms. The van der Waals surface area contributed by atoms with E-state index in [2.05, 4.69) is 10.3 Å². The minimum absolute atomic E-state index is 0.413. The quantitative estimate of drug-likeness (QED) is 0.560. The first kappa shape index (κ1) is 16.8. The summed E-state index contributed by atoms with van der Waals surface area (Å²) in [5.74, 6) is -0.461. The van der Waals surface area contributed by atoms with Crippen molar-refractivity contribution < 1.29 is 14.3 Å². The molecule has 0 aliphatic rings. The molecule has 1 amide bonds. The van der Waals surface area contributed by atoms with Crippen LogP contribution in [-0.4, -0.2) is 23.8 Å². The van der Waals surface area contributed by atoms with E-state index in [1.807, 2.05) is 44.2 Å². The van der Waals surface area contributed by atoms with Gasteiger partial charge < -0.3 is 15.0 Å². The van der Waals surface area contributed by atoms with Crippen LogP contribution in [0.1, 0.15) is 27.2 Å². The minimum Gasteiger partial charge on any atom is -0.496 e. The van der Waals surface area contributed by atoms with Crippen LogP contribution in [0.2, 0.25) is 0 Å². The van der Waals surface area contributed by atoms with E-state index in [0.717, 1.165) is 27.8 Å². The van der Waals surface area contributed by atoms with Crippen LogP contribution in [0.3, 0.4) is 0 Å². The molecule has 0 aliphatic carbocycles. The number of Topliss-reactive ketones (excluding diaryl/α,β-unsaturated/α-hetero) is 1. The molecule has 0 bridgehead atoms. The number of fused-ring (bicyclic) bond motifs is 1. The van der Waals surface area contributed by atoms with Crippen LogP contribution in [0.5, 0.6) is 5.75 Å². The highest BCUT2D eigenvalue weighted by atomic mass is 16.5. The molecule has 0 unspecified atom stereocenters. The Morgan fingerprint density at radius 2 is 1.76 bits per heavy atom. The van der Waals surface area contributed by atoms with Crippen molar-refractivity contribution in [1.82, 2.24) is 4.98 Å². The Morgan fingerprint density at radius 1 is 1.04 bits per heavy atom. The van der Waals surface area contributed by atoms with Crippen LogP contribution >= 0.6 is 0 Å². The highest BCUT2D eigenvalue weighted by molar-refractivity contribution is 6.48. The van der Waals surface area contributed by atoms with Gasteiger partial charge in [0.15, 0.2) is 0 Å². The van der Waals surface area contributed by atoms with E-state index < -0.39 is 11.7 Å². The molecule has 0 atom stereocenters.